The minimum Gasteiger partial charge on any atom is -0.448 e. The maximum atomic E-state index is 14.1. The summed E-state index contributed by atoms with van der Waals surface area (Å²) in [6, 6.07) is 16.4. The number of rotatable bonds is 5. The van der Waals surface area contributed by atoms with Gasteiger partial charge in [0.1, 0.15) is 12.4 Å². The van der Waals surface area contributed by atoms with Crippen LogP contribution in [0.5, 0.6) is 11.5 Å². The van der Waals surface area contributed by atoms with Gasteiger partial charge in [0.15, 0.2) is 11.5 Å². The van der Waals surface area contributed by atoms with Gasteiger partial charge in [-0.05, 0) is 43.2 Å². The van der Waals surface area contributed by atoms with Crippen LogP contribution in [-0.4, -0.2) is 21.3 Å². The van der Waals surface area contributed by atoms with Gasteiger partial charge in [-0.2, -0.15) is 8.42 Å². The van der Waals surface area contributed by atoms with E-state index in [0.717, 1.165) is 16.7 Å². The molecule has 150 valence electrons. The Labute approximate surface area is 168 Å². The van der Waals surface area contributed by atoms with E-state index in [-0.39, 0.29) is 17.3 Å². The minimum absolute atomic E-state index is 0.0465. The van der Waals surface area contributed by atoms with Crippen molar-refractivity contribution in [3.05, 3.63) is 77.6 Å². The summed E-state index contributed by atoms with van der Waals surface area (Å²) >= 11 is 0. The predicted molar refractivity (Wildman–Crippen MR) is 106 cm³/mol. The molecule has 1 aliphatic rings. The average Bonchev–Trinajstić information content (AvgIpc) is 3.09. The van der Waals surface area contributed by atoms with Crippen LogP contribution in [0.4, 0.5) is 4.39 Å². The number of halogens is 1. The van der Waals surface area contributed by atoms with Gasteiger partial charge in [-0.15, -0.1) is 0 Å². The van der Waals surface area contributed by atoms with E-state index in [4.69, 9.17) is 13.7 Å². The highest BCUT2D eigenvalue weighted by atomic mass is 32.2. The Bertz CT molecular complexity index is 1160. The molecule has 0 radical (unpaired) electrons. The first-order valence-electron chi connectivity index (χ1n) is 9.02. The molecule has 0 N–H and O–H groups in total. The number of hydrogen-bond acceptors (Lipinski definition) is 5. The Hall–Kier alpha value is -2.90. The van der Waals surface area contributed by atoms with Crippen molar-refractivity contribution in [1.82, 2.24) is 0 Å². The van der Waals surface area contributed by atoms with Gasteiger partial charge in [0.2, 0.25) is 0 Å². The van der Waals surface area contributed by atoms with Gasteiger partial charge in [0, 0.05) is 11.6 Å². The molecule has 5 nitrogen and oxygen atoms in total. The van der Waals surface area contributed by atoms with E-state index >= 15 is 0 Å². The maximum Gasteiger partial charge on any atom is 0.297 e. The molecule has 7 heteroatoms. The van der Waals surface area contributed by atoms with Crippen LogP contribution in [0.1, 0.15) is 11.1 Å². The first-order valence-corrected chi connectivity index (χ1v) is 10.4. The number of aryl methyl sites for hydroxylation is 2. The number of ether oxygens (including phenoxy) is 2. The summed E-state index contributed by atoms with van der Waals surface area (Å²) in [6.45, 7) is 3.41. The fraction of sp³-hybridized carbons (Fsp3) is 0.182. The molecule has 3 aromatic carbocycles. The van der Waals surface area contributed by atoms with E-state index in [2.05, 4.69) is 0 Å². The van der Waals surface area contributed by atoms with Crippen LogP contribution in [0.2, 0.25) is 0 Å². The monoisotopic (exact) mass is 414 g/mol. The zero-order valence-electron chi connectivity index (χ0n) is 15.9. The summed E-state index contributed by atoms with van der Waals surface area (Å²) < 4.78 is 55.3. The fourth-order valence-electron chi connectivity index (χ4n) is 3.14. The number of fused-ring (bicyclic) bond motifs is 1. The molecule has 4 rings (SSSR count). The smallest absolute Gasteiger partial charge is 0.297 e. The topological polar surface area (TPSA) is 61.8 Å². The van der Waals surface area contributed by atoms with Crippen molar-refractivity contribution in [3.8, 4) is 22.6 Å². The van der Waals surface area contributed by atoms with Crippen LogP contribution in [-0.2, 0) is 14.3 Å². The van der Waals surface area contributed by atoms with Crippen LogP contribution >= 0.6 is 0 Å². The molecule has 0 saturated carbocycles. The SMILES string of the molecule is Cc1ccc(S(=O)(=O)OCC2Oc3cc(F)cc(-c4ccccc4C)c3O2)cc1. The number of hydrogen-bond donors (Lipinski definition) is 0. The second-order valence-electron chi connectivity index (χ2n) is 6.81. The molecule has 1 heterocycles. The van der Waals surface area contributed by atoms with Crippen molar-refractivity contribution in [1.29, 1.82) is 0 Å². The van der Waals surface area contributed by atoms with Gasteiger partial charge < -0.3 is 9.47 Å². The van der Waals surface area contributed by atoms with Crippen LogP contribution in [0.15, 0.2) is 65.6 Å². The van der Waals surface area contributed by atoms with Gasteiger partial charge in [0.05, 0.1) is 4.90 Å². The molecule has 0 aromatic heterocycles. The first kappa shape index (κ1) is 19.4. The first-order chi connectivity index (χ1) is 13.8. The molecule has 3 aromatic rings. The molecule has 0 aliphatic carbocycles. The molecule has 1 aliphatic heterocycles. The fourth-order valence-corrected chi connectivity index (χ4v) is 4.03. The van der Waals surface area contributed by atoms with Gasteiger partial charge in [0.25, 0.3) is 16.4 Å². The van der Waals surface area contributed by atoms with Crippen molar-refractivity contribution >= 4 is 10.1 Å². The molecule has 1 atom stereocenters. The summed E-state index contributed by atoms with van der Waals surface area (Å²) in [4.78, 5) is 0.0465. The van der Waals surface area contributed by atoms with E-state index in [0.29, 0.717) is 11.3 Å². The Morgan fingerprint density at radius 2 is 1.69 bits per heavy atom. The van der Waals surface area contributed by atoms with Gasteiger partial charge in [-0.25, -0.2) is 4.39 Å². The summed E-state index contributed by atoms with van der Waals surface area (Å²) in [5, 5.41) is 0. The third kappa shape index (κ3) is 3.97. The summed E-state index contributed by atoms with van der Waals surface area (Å²) in [6.07, 6.45) is -1.00. The zero-order valence-corrected chi connectivity index (χ0v) is 16.7. The van der Waals surface area contributed by atoms with Crippen LogP contribution in [0, 0.1) is 19.7 Å². The summed E-state index contributed by atoms with van der Waals surface area (Å²) in [5.74, 6) is 0.103. The van der Waals surface area contributed by atoms with E-state index in [1.807, 2.05) is 38.1 Å². The second-order valence-corrected chi connectivity index (χ2v) is 8.43. The third-order valence-corrected chi connectivity index (χ3v) is 5.93. The summed E-state index contributed by atoms with van der Waals surface area (Å²) in [7, 11) is -3.96. The molecule has 0 fully saturated rings. The molecule has 0 saturated heterocycles. The van der Waals surface area contributed by atoms with Gasteiger partial charge in [-0.1, -0.05) is 42.0 Å². The van der Waals surface area contributed by atoms with Crippen LogP contribution in [0.3, 0.4) is 0 Å². The highest BCUT2D eigenvalue weighted by Crippen LogP contribution is 2.44. The normalized spacial score (nSPS) is 15.5. The lowest BCUT2D eigenvalue weighted by molar-refractivity contribution is 0.00987. The summed E-state index contributed by atoms with van der Waals surface area (Å²) in [5.41, 5.74) is 3.24. The van der Waals surface area contributed by atoms with Crippen molar-refractivity contribution in [3.63, 3.8) is 0 Å². The molecular formula is C22H19FO5S. The average molecular weight is 414 g/mol. The quantitative estimate of drug-likeness (QED) is 0.571. The van der Waals surface area contributed by atoms with Crippen LogP contribution in [0.25, 0.3) is 11.1 Å². The Balaban J connectivity index is 1.54. The zero-order chi connectivity index (χ0) is 20.6. The lowest BCUT2D eigenvalue weighted by Crippen LogP contribution is -2.26. The molecule has 1 unspecified atom stereocenters. The standard InChI is InChI=1S/C22H19FO5S/c1-14-7-9-17(10-8-14)29(24,25)26-13-21-27-20-12-16(23)11-19(22(20)28-21)18-6-4-3-5-15(18)2/h3-12,21H,13H2,1-2H3. The molecule has 0 bridgehead atoms. The van der Waals surface area contributed by atoms with Crippen molar-refractivity contribution < 1.29 is 26.5 Å². The Morgan fingerprint density at radius 1 is 0.966 bits per heavy atom. The van der Waals surface area contributed by atoms with E-state index in [1.165, 1.54) is 24.3 Å². The van der Waals surface area contributed by atoms with E-state index in [9.17, 15) is 12.8 Å². The van der Waals surface area contributed by atoms with Gasteiger partial charge in [-0.3, -0.25) is 4.18 Å². The van der Waals surface area contributed by atoms with Crippen molar-refractivity contribution in [2.75, 3.05) is 6.61 Å². The molecule has 0 spiro atoms. The molecular weight excluding hydrogens is 395 g/mol. The highest BCUT2D eigenvalue weighted by Gasteiger charge is 2.30. The largest absolute Gasteiger partial charge is 0.448 e. The Kier molecular flexibility index (Phi) is 5.02. The maximum absolute atomic E-state index is 14.1. The highest BCUT2D eigenvalue weighted by molar-refractivity contribution is 7.86. The second kappa shape index (κ2) is 7.50. The van der Waals surface area contributed by atoms with E-state index < -0.39 is 22.2 Å². The third-order valence-electron chi connectivity index (χ3n) is 4.63. The Morgan fingerprint density at radius 3 is 2.41 bits per heavy atom. The van der Waals surface area contributed by atoms with Crippen LogP contribution < -0.4 is 9.47 Å². The molecule has 0 amide bonds. The number of benzene rings is 3. The molecule has 29 heavy (non-hydrogen) atoms. The predicted octanol–water partition coefficient (Wildman–Crippen LogP) is 4.61. The van der Waals surface area contributed by atoms with Crippen molar-refractivity contribution in [2.45, 2.75) is 25.0 Å². The van der Waals surface area contributed by atoms with Crippen molar-refractivity contribution in [2.24, 2.45) is 0 Å². The lowest BCUT2D eigenvalue weighted by atomic mass is 9.99. The minimum atomic E-state index is -3.96. The van der Waals surface area contributed by atoms with Gasteiger partial charge >= 0.3 is 0 Å². The van der Waals surface area contributed by atoms with E-state index in [1.54, 1.807) is 12.1 Å². The lowest BCUT2D eigenvalue weighted by Gasteiger charge is -2.12.